The quantitative estimate of drug-likeness (QED) is 0.439. The van der Waals surface area contributed by atoms with E-state index in [1.165, 1.54) is 7.11 Å². The first-order valence-electron chi connectivity index (χ1n) is 7.97. The number of rotatable bonds is 4. The van der Waals surface area contributed by atoms with Gasteiger partial charge in [0.15, 0.2) is 5.69 Å². The van der Waals surface area contributed by atoms with E-state index in [4.69, 9.17) is 17.0 Å². The molecule has 3 rings (SSSR count). The number of nitrogens with zero attached hydrogens (tertiary/aromatic N) is 2. The number of nitrogens with two attached hydrogens (primary N) is 1. The van der Waals surface area contributed by atoms with Crippen molar-refractivity contribution in [1.82, 2.24) is 4.57 Å². The Morgan fingerprint density at radius 2 is 2.08 bits per heavy atom. The highest BCUT2D eigenvalue weighted by molar-refractivity contribution is 5.99. The number of benzene rings is 2. The van der Waals surface area contributed by atoms with Crippen molar-refractivity contribution in [3.63, 3.8) is 0 Å². The fourth-order valence-corrected chi connectivity index (χ4v) is 3.01. The van der Waals surface area contributed by atoms with E-state index in [9.17, 15) is 4.79 Å². The molecule has 0 aliphatic carbocycles. The van der Waals surface area contributed by atoms with Crippen LogP contribution < -0.4 is 5.73 Å². The lowest BCUT2D eigenvalue weighted by atomic mass is 9.99. The van der Waals surface area contributed by atoms with E-state index in [2.05, 4.69) is 4.85 Å². The van der Waals surface area contributed by atoms with Gasteiger partial charge in [-0.15, -0.1) is 0 Å². The van der Waals surface area contributed by atoms with Crippen molar-refractivity contribution in [3.05, 3.63) is 59.6 Å². The highest BCUT2D eigenvalue weighted by Crippen LogP contribution is 2.36. The molecule has 0 saturated carbocycles. The third kappa shape index (κ3) is 3.07. The Labute approximate surface area is 146 Å². The summed E-state index contributed by atoms with van der Waals surface area (Å²) in [7, 11) is 1.39. The smallest absolute Gasteiger partial charge is 0.307 e. The highest BCUT2D eigenvalue weighted by Gasteiger charge is 2.14. The predicted molar refractivity (Wildman–Crippen MR) is 99.4 cm³/mol. The molecule has 0 radical (unpaired) electrons. The van der Waals surface area contributed by atoms with Crippen LogP contribution in [0.5, 0.6) is 0 Å². The zero-order valence-corrected chi connectivity index (χ0v) is 14.2. The summed E-state index contributed by atoms with van der Waals surface area (Å²) in [4.78, 5) is 15.0. The average molecular weight is 333 g/mol. The van der Waals surface area contributed by atoms with Crippen LogP contribution in [0.2, 0.25) is 0 Å². The third-order valence-electron chi connectivity index (χ3n) is 4.44. The summed E-state index contributed by atoms with van der Waals surface area (Å²) in [5.41, 5.74) is 11.4. The van der Waals surface area contributed by atoms with E-state index >= 15 is 0 Å². The van der Waals surface area contributed by atoms with Crippen LogP contribution in [0.3, 0.4) is 0 Å². The molecule has 0 unspecified atom stereocenters. The van der Waals surface area contributed by atoms with Gasteiger partial charge >= 0.3 is 5.97 Å². The molecule has 0 atom stereocenters. The van der Waals surface area contributed by atoms with Crippen LogP contribution >= 0.6 is 0 Å². The topological polar surface area (TPSA) is 61.6 Å². The Morgan fingerprint density at radius 1 is 1.28 bits per heavy atom. The van der Waals surface area contributed by atoms with E-state index in [0.717, 1.165) is 33.3 Å². The minimum absolute atomic E-state index is 0.249. The number of nitrogen functional groups attached to an aromatic ring is 1. The van der Waals surface area contributed by atoms with Gasteiger partial charge in [-0.3, -0.25) is 4.79 Å². The van der Waals surface area contributed by atoms with Crippen LogP contribution in [-0.2, 0) is 16.1 Å². The van der Waals surface area contributed by atoms with Crippen LogP contribution in [0.15, 0.2) is 42.6 Å². The number of esters is 1. The summed E-state index contributed by atoms with van der Waals surface area (Å²) in [6, 6.07) is 11.4. The fourth-order valence-electron chi connectivity index (χ4n) is 3.01. The first-order chi connectivity index (χ1) is 12.0. The second-order valence-electron chi connectivity index (χ2n) is 5.90. The van der Waals surface area contributed by atoms with Gasteiger partial charge in [-0.05, 0) is 41.6 Å². The molecule has 0 aliphatic heterocycles. The number of carbonyl (C=O) groups is 1. The lowest BCUT2D eigenvalue weighted by molar-refractivity contribution is -0.140. The van der Waals surface area contributed by atoms with Gasteiger partial charge in [0.25, 0.3) is 0 Å². The van der Waals surface area contributed by atoms with Gasteiger partial charge in [0.1, 0.15) is 0 Å². The fraction of sp³-hybridized carbons (Fsp3) is 0.200. The SMILES string of the molecule is [C-]#[N+]c1ccc2c(c1)c(-c1cccc(N)c1C)cn2CCC(=O)OC. The molecule has 1 aromatic heterocycles. The van der Waals surface area contributed by atoms with E-state index in [1.54, 1.807) is 6.07 Å². The van der Waals surface area contributed by atoms with Gasteiger partial charge < -0.3 is 15.0 Å². The van der Waals surface area contributed by atoms with Crippen LogP contribution in [-0.4, -0.2) is 17.6 Å². The van der Waals surface area contributed by atoms with E-state index in [1.807, 2.05) is 48.0 Å². The monoisotopic (exact) mass is 333 g/mol. The Hall–Kier alpha value is -3.26. The van der Waals surface area contributed by atoms with Crippen molar-refractivity contribution >= 4 is 28.2 Å². The molecular formula is C20H19N3O2. The number of anilines is 1. The summed E-state index contributed by atoms with van der Waals surface area (Å²) in [6.45, 7) is 9.78. The zero-order valence-electron chi connectivity index (χ0n) is 14.2. The minimum Gasteiger partial charge on any atom is -0.469 e. The molecule has 0 bridgehead atoms. The van der Waals surface area contributed by atoms with E-state index in [-0.39, 0.29) is 5.97 Å². The van der Waals surface area contributed by atoms with E-state index < -0.39 is 0 Å². The molecular weight excluding hydrogens is 314 g/mol. The molecule has 0 aliphatic rings. The van der Waals surface area contributed by atoms with Crippen molar-refractivity contribution in [2.24, 2.45) is 0 Å². The molecule has 0 spiro atoms. The van der Waals surface area contributed by atoms with Gasteiger partial charge in [0.2, 0.25) is 0 Å². The van der Waals surface area contributed by atoms with Crippen molar-refractivity contribution < 1.29 is 9.53 Å². The van der Waals surface area contributed by atoms with Crippen LogP contribution in [0, 0.1) is 13.5 Å². The van der Waals surface area contributed by atoms with Gasteiger partial charge in [0.05, 0.1) is 20.1 Å². The number of hydrogen-bond donors (Lipinski definition) is 1. The number of ether oxygens (including phenoxy) is 1. The number of aryl methyl sites for hydroxylation is 1. The standard InChI is InChI=1S/C20H19N3O2/c1-13-15(5-4-6-18(13)21)17-12-23(10-9-20(24)25-3)19-8-7-14(22-2)11-16(17)19/h4-8,11-12H,9-10,21H2,1,3H3. The van der Waals surface area contributed by atoms with Crippen LogP contribution in [0.4, 0.5) is 11.4 Å². The summed E-state index contributed by atoms with van der Waals surface area (Å²) < 4.78 is 6.76. The van der Waals surface area contributed by atoms with Crippen LogP contribution in [0.25, 0.3) is 26.9 Å². The lowest BCUT2D eigenvalue weighted by Gasteiger charge is -2.07. The maximum atomic E-state index is 11.5. The van der Waals surface area contributed by atoms with Gasteiger partial charge in [0, 0.05) is 29.5 Å². The van der Waals surface area contributed by atoms with Gasteiger partial charge in [-0.25, -0.2) is 4.85 Å². The number of aromatic nitrogens is 1. The van der Waals surface area contributed by atoms with Crippen molar-refractivity contribution in [1.29, 1.82) is 0 Å². The molecule has 2 aromatic carbocycles. The first kappa shape index (κ1) is 16.6. The Bertz CT molecular complexity index is 996. The summed E-state index contributed by atoms with van der Waals surface area (Å²) in [5.74, 6) is -0.249. The number of carbonyl (C=O) groups excluding carboxylic acids is 1. The molecule has 0 saturated heterocycles. The van der Waals surface area contributed by atoms with E-state index in [0.29, 0.717) is 18.7 Å². The zero-order chi connectivity index (χ0) is 18.0. The number of methoxy groups -OCH3 is 1. The lowest BCUT2D eigenvalue weighted by Crippen LogP contribution is -2.06. The Balaban J connectivity index is 2.18. The number of fused-ring (bicyclic) bond motifs is 1. The van der Waals surface area contributed by atoms with Gasteiger partial charge in [-0.1, -0.05) is 18.2 Å². The molecule has 25 heavy (non-hydrogen) atoms. The second kappa shape index (κ2) is 6.70. The molecule has 126 valence electrons. The molecule has 0 amide bonds. The minimum atomic E-state index is -0.249. The first-order valence-corrected chi connectivity index (χ1v) is 7.97. The predicted octanol–water partition coefficient (Wildman–Crippen LogP) is 4.31. The largest absolute Gasteiger partial charge is 0.469 e. The second-order valence-corrected chi connectivity index (χ2v) is 5.90. The molecule has 1 heterocycles. The normalized spacial score (nSPS) is 10.6. The van der Waals surface area contributed by atoms with Crippen molar-refractivity contribution in [2.45, 2.75) is 19.9 Å². The van der Waals surface area contributed by atoms with Crippen molar-refractivity contribution in [3.8, 4) is 11.1 Å². The van der Waals surface area contributed by atoms with Crippen LogP contribution in [0.1, 0.15) is 12.0 Å². The molecule has 0 fully saturated rings. The molecule has 3 aromatic rings. The molecule has 5 heteroatoms. The maximum Gasteiger partial charge on any atom is 0.307 e. The average Bonchev–Trinajstić information content (AvgIpc) is 2.99. The Morgan fingerprint density at radius 3 is 2.80 bits per heavy atom. The third-order valence-corrected chi connectivity index (χ3v) is 4.44. The summed E-state index contributed by atoms with van der Waals surface area (Å²) in [6.07, 6.45) is 2.31. The highest BCUT2D eigenvalue weighted by atomic mass is 16.5. The number of hydrogen-bond acceptors (Lipinski definition) is 3. The molecule has 2 N–H and O–H groups in total. The van der Waals surface area contributed by atoms with Crippen molar-refractivity contribution in [2.75, 3.05) is 12.8 Å². The summed E-state index contributed by atoms with van der Waals surface area (Å²) >= 11 is 0. The van der Waals surface area contributed by atoms with Gasteiger partial charge in [-0.2, -0.15) is 0 Å². The Kier molecular flexibility index (Phi) is 4.44. The molecule has 5 nitrogen and oxygen atoms in total. The maximum absolute atomic E-state index is 11.5. The summed E-state index contributed by atoms with van der Waals surface area (Å²) in [5, 5.41) is 0.979.